The Morgan fingerprint density at radius 2 is 2.14 bits per heavy atom. The Kier molecular flexibility index (Phi) is 5.57. The molecule has 0 aliphatic rings. The Balaban J connectivity index is 2.02. The molecule has 2 rings (SSSR count). The van der Waals surface area contributed by atoms with E-state index in [1.807, 2.05) is 31.4 Å². The summed E-state index contributed by atoms with van der Waals surface area (Å²) in [6, 6.07) is 5.96. The molecular weight excluding hydrogens is 268 g/mol. The van der Waals surface area contributed by atoms with Crippen molar-refractivity contribution in [2.24, 2.45) is 7.05 Å². The van der Waals surface area contributed by atoms with E-state index in [1.165, 1.54) is 5.56 Å². The van der Waals surface area contributed by atoms with Gasteiger partial charge in [0.25, 0.3) is 0 Å². The molecule has 0 aliphatic carbocycles. The predicted molar refractivity (Wildman–Crippen MR) is 80.3 cm³/mol. The van der Waals surface area contributed by atoms with Crippen LogP contribution in [0, 0.1) is 0 Å². The van der Waals surface area contributed by atoms with E-state index in [2.05, 4.69) is 22.6 Å². The lowest BCUT2D eigenvalue weighted by Crippen LogP contribution is -2.13. The van der Waals surface area contributed by atoms with Gasteiger partial charge in [0, 0.05) is 13.6 Å². The minimum absolute atomic E-state index is 0.371. The Morgan fingerprint density at radius 3 is 2.81 bits per heavy atom. The molecule has 0 saturated heterocycles. The quantitative estimate of drug-likeness (QED) is 0.752. The second-order valence-electron chi connectivity index (χ2n) is 4.83. The molecule has 0 unspecified atom stereocenters. The third kappa shape index (κ3) is 4.46. The van der Waals surface area contributed by atoms with Crippen molar-refractivity contribution in [2.45, 2.75) is 26.5 Å². The van der Waals surface area contributed by atoms with Gasteiger partial charge < -0.3 is 14.8 Å². The molecule has 0 bridgehead atoms. The van der Waals surface area contributed by atoms with E-state index >= 15 is 0 Å². The van der Waals surface area contributed by atoms with Crippen LogP contribution in [-0.4, -0.2) is 28.6 Å². The molecule has 6 nitrogen and oxygen atoms in total. The fourth-order valence-corrected chi connectivity index (χ4v) is 1.97. The van der Waals surface area contributed by atoms with Crippen LogP contribution in [0.1, 0.15) is 24.6 Å². The molecule has 0 saturated carbocycles. The average molecular weight is 290 g/mol. The van der Waals surface area contributed by atoms with Crippen LogP contribution in [-0.2, 0) is 20.2 Å². The van der Waals surface area contributed by atoms with Gasteiger partial charge in [-0.2, -0.15) is 0 Å². The van der Waals surface area contributed by atoms with Crippen LogP contribution in [0.5, 0.6) is 11.5 Å². The van der Waals surface area contributed by atoms with E-state index in [9.17, 15) is 0 Å². The molecule has 0 fully saturated rings. The van der Waals surface area contributed by atoms with Gasteiger partial charge in [0.05, 0.1) is 13.3 Å². The summed E-state index contributed by atoms with van der Waals surface area (Å²) in [4.78, 5) is 0. The molecular formula is C15H22N4O2. The van der Waals surface area contributed by atoms with Crippen LogP contribution in [0.15, 0.2) is 24.4 Å². The second kappa shape index (κ2) is 7.64. The number of ether oxygens (including phenoxy) is 2. The summed E-state index contributed by atoms with van der Waals surface area (Å²) in [5, 5.41) is 11.3. The van der Waals surface area contributed by atoms with Crippen molar-refractivity contribution in [3.63, 3.8) is 0 Å². The van der Waals surface area contributed by atoms with E-state index in [0.29, 0.717) is 6.61 Å². The highest BCUT2D eigenvalue weighted by Gasteiger charge is 2.07. The van der Waals surface area contributed by atoms with E-state index in [0.717, 1.165) is 36.7 Å². The van der Waals surface area contributed by atoms with Gasteiger partial charge in [0.15, 0.2) is 11.5 Å². The number of benzene rings is 1. The molecule has 114 valence electrons. The van der Waals surface area contributed by atoms with E-state index < -0.39 is 0 Å². The van der Waals surface area contributed by atoms with Crippen LogP contribution < -0.4 is 14.8 Å². The molecule has 1 aromatic carbocycles. The third-order valence-electron chi connectivity index (χ3n) is 3.01. The zero-order valence-corrected chi connectivity index (χ0v) is 12.8. The fourth-order valence-electron chi connectivity index (χ4n) is 1.97. The number of methoxy groups -OCH3 is 1. The molecule has 0 radical (unpaired) electrons. The van der Waals surface area contributed by atoms with Gasteiger partial charge >= 0.3 is 0 Å². The van der Waals surface area contributed by atoms with E-state index in [4.69, 9.17) is 9.47 Å². The van der Waals surface area contributed by atoms with Crippen LogP contribution in [0.4, 0.5) is 0 Å². The maximum atomic E-state index is 5.81. The summed E-state index contributed by atoms with van der Waals surface area (Å²) < 4.78 is 12.8. The molecule has 1 heterocycles. The summed E-state index contributed by atoms with van der Waals surface area (Å²) in [6.45, 7) is 4.34. The third-order valence-corrected chi connectivity index (χ3v) is 3.01. The Morgan fingerprint density at radius 1 is 1.29 bits per heavy atom. The van der Waals surface area contributed by atoms with Gasteiger partial charge in [-0.25, -0.2) is 0 Å². The standard InChI is InChI=1S/C15H22N4O2/c1-4-7-16-9-12-5-6-14(20-3)15(8-12)21-11-13-10-19(2)18-17-13/h5-6,8,10,16H,4,7,9,11H2,1-3H3. The number of nitrogens with zero attached hydrogens (tertiary/aromatic N) is 3. The highest BCUT2D eigenvalue weighted by atomic mass is 16.5. The molecule has 0 amide bonds. The first-order chi connectivity index (χ1) is 10.2. The van der Waals surface area contributed by atoms with Crippen molar-refractivity contribution < 1.29 is 9.47 Å². The Labute approximate surface area is 125 Å². The van der Waals surface area contributed by atoms with Crippen molar-refractivity contribution in [1.82, 2.24) is 20.3 Å². The summed E-state index contributed by atoms with van der Waals surface area (Å²) in [5.74, 6) is 1.44. The van der Waals surface area contributed by atoms with Gasteiger partial charge in [0.2, 0.25) is 0 Å². The number of hydrogen-bond donors (Lipinski definition) is 1. The van der Waals surface area contributed by atoms with Gasteiger partial charge in [0.1, 0.15) is 12.3 Å². The summed E-state index contributed by atoms with van der Waals surface area (Å²) in [5.41, 5.74) is 1.95. The SMILES string of the molecule is CCCNCc1ccc(OC)c(OCc2cn(C)nn2)c1. The molecule has 0 aliphatic heterocycles. The number of nitrogens with one attached hydrogen (secondary N) is 1. The monoisotopic (exact) mass is 290 g/mol. The second-order valence-corrected chi connectivity index (χ2v) is 4.83. The molecule has 2 aromatic rings. The van der Waals surface area contributed by atoms with Gasteiger partial charge in [-0.15, -0.1) is 5.10 Å². The van der Waals surface area contributed by atoms with Crippen molar-refractivity contribution >= 4 is 0 Å². The van der Waals surface area contributed by atoms with Gasteiger partial charge in [-0.05, 0) is 30.7 Å². The summed E-state index contributed by atoms with van der Waals surface area (Å²) >= 11 is 0. The summed E-state index contributed by atoms with van der Waals surface area (Å²) in [6.07, 6.45) is 2.95. The van der Waals surface area contributed by atoms with Crippen LogP contribution in [0.25, 0.3) is 0 Å². The minimum Gasteiger partial charge on any atom is -0.493 e. The van der Waals surface area contributed by atoms with Gasteiger partial charge in [-0.1, -0.05) is 18.2 Å². The summed E-state index contributed by atoms with van der Waals surface area (Å²) in [7, 11) is 3.47. The predicted octanol–water partition coefficient (Wildman–Crippen LogP) is 1.90. The van der Waals surface area contributed by atoms with Crippen molar-refractivity contribution in [3.8, 4) is 11.5 Å². The normalized spacial score (nSPS) is 10.6. The zero-order valence-electron chi connectivity index (χ0n) is 12.8. The number of aromatic nitrogens is 3. The van der Waals surface area contributed by atoms with Crippen LogP contribution in [0.3, 0.4) is 0 Å². The first-order valence-electron chi connectivity index (χ1n) is 7.08. The lowest BCUT2D eigenvalue weighted by atomic mass is 10.2. The number of rotatable bonds is 8. The highest BCUT2D eigenvalue weighted by molar-refractivity contribution is 5.43. The topological polar surface area (TPSA) is 61.2 Å². The van der Waals surface area contributed by atoms with E-state index in [-0.39, 0.29) is 0 Å². The van der Waals surface area contributed by atoms with Crippen LogP contribution in [0.2, 0.25) is 0 Å². The average Bonchev–Trinajstić information content (AvgIpc) is 2.91. The molecule has 1 N–H and O–H groups in total. The smallest absolute Gasteiger partial charge is 0.162 e. The first kappa shape index (κ1) is 15.3. The highest BCUT2D eigenvalue weighted by Crippen LogP contribution is 2.28. The largest absolute Gasteiger partial charge is 0.493 e. The lowest BCUT2D eigenvalue weighted by molar-refractivity contribution is 0.280. The van der Waals surface area contributed by atoms with Crippen molar-refractivity contribution in [3.05, 3.63) is 35.7 Å². The molecule has 0 spiro atoms. The molecule has 0 atom stereocenters. The van der Waals surface area contributed by atoms with Gasteiger partial charge in [-0.3, -0.25) is 4.68 Å². The lowest BCUT2D eigenvalue weighted by Gasteiger charge is -2.12. The molecule has 6 heteroatoms. The van der Waals surface area contributed by atoms with E-state index in [1.54, 1.807) is 11.8 Å². The minimum atomic E-state index is 0.371. The number of aryl methyl sites for hydroxylation is 1. The Bertz CT molecular complexity index is 569. The molecule has 21 heavy (non-hydrogen) atoms. The fraction of sp³-hybridized carbons (Fsp3) is 0.467. The molecule has 1 aromatic heterocycles. The maximum absolute atomic E-state index is 5.81. The Hall–Kier alpha value is -2.08. The maximum Gasteiger partial charge on any atom is 0.162 e. The first-order valence-corrected chi connectivity index (χ1v) is 7.08. The van der Waals surface area contributed by atoms with Crippen molar-refractivity contribution in [2.75, 3.05) is 13.7 Å². The number of hydrogen-bond acceptors (Lipinski definition) is 5. The van der Waals surface area contributed by atoms with Crippen LogP contribution >= 0.6 is 0 Å². The van der Waals surface area contributed by atoms with Crippen molar-refractivity contribution in [1.29, 1.82) is 0 Å². The zero-order chi connectivity index (χ0) is 15.1.